The van der Waals surface area contributed by atoms with E-state index in [1.54, 1.807) is 17.0 Å². The highest BCUT2D eigenvalue weighted by molar-refractivity contribution is 6.29. The van der Waals surface area contributed by atoms with Crippen LogP contribution in [0, 0.1) is 23.2 Å². The first kappa shape index (κ1) is 21.0. The third-order valence-corrected chi connectivity index (χ3v) is 8.43. The van der Waals surface area contributed by atoms with E-state index in [0.29, 0.717) is 42.5 Å². The number of pyridine rings is 1. The zero-order valence-electron chi connectivity index (χ0n) is 18.6. The van der Waals surface area contributed by atoms with Gasteiger partial charge in [0.2, 0.25) is 5.91 Å². The molecule has 0 aromatic carbocycles. The predicted octanol–water partition coefficient (Wildman–Crippen LogP) is 4.27. The van der Waals surface area contributed by atoms with E-state index in [0.717, 1.165) is 29.0 Å². The third-order valence-electron chi connectivity index (χ3n) is 8.23. The number of fused-ring (bicyclic) bond motifs is 1. The van der Waals surface area contributed by atoms with Crippen molar-refractivity contribution in [3.8, 4) is 0 Å². The number of rotatable bonds is 4. The Labute approximate surface area is 198 Å². The molecule has 1 N–H and O–H groups in total. The number of carbonyl (C=O) groups excluding carboxylic acids is 2. The van der Waals surface area contributed by atoms with Gasteiger partial charge in [0.15, 0.2) is 0 Å². The minimum Gasteiger partial charge on any atom is -0.332 e. The zero-order valence-corrected chi connectivity index (χ0v) is 19.4. The molecule has 7 nitrogen and oxygen atoms in total. The van der Waals surface area contributed by atoms with Crippen molar-refractivity contribution in [2.24, 2.45) is 23.2 Å². The fraction of sp³-hybridized carbons (Fsp3) is 0.560. The molecule has 0 unspecified atom stereocenters. The molecule has 5 aliphatic rings. The molecule has 3 heterocycles. The molecule has 2 aromatic heterocycles. The first-order valence-electron chi connectivity index (χ1n) is 12.0. The Morgan fingerprint density at radius 2 is 1.82 bits per heavy atom. The number of hydrogen-bond donors (Lipinski definition) is 1. The SMILES string of the molecule is O=C(CC12CC3CC(CC(C3)C1)C2)Nc1ncnc2c1CCN(C(=O)c1ccnc(Cl)c1)C2. The number of amides is 2. The number of nitrogens with one attached hydrogen (secondary N) is 1. The Bertz CT molecular complexity index is 1080. The second kappa shape index (κ2) is 8.05. The van der Waals surface area contributed by atoms with E-state index >= 15 is 0 Å². The first-order chi connectivity index (χ1) is 16.0. The summed E-state index contributed by atoms with van der Waals surface area (Å²) >= 11 is 5.95. The molecule has 4 fully saturated rings. The fourth-order valence-corrected chi connectivity index (χ4v) is 7.55. The number of aromatic nitrogens is 3. The van der Waals surface area contributed by atoms with Crippen LogP contribution in [0.25, 0.3) is 0 Å². The predicted molar refractivity (Wildman–Crippen MR) is 124 cm³/mol. The van der Waals surface area contributed by atoms with Gasteiger partial charge in [-0.25, -0.2) is 15.0 Å². The summed E-state index contributed by atoms with van der Waals surface area (Å²) in [5.41, 5.74) is 2.43. The lowest BCUT2D eigenvalue weighted by atomic mass is 9.49. The van der Waals surface area contributed by atoms with Gasteiger partial charge in [-0.15, -0.1) is 0 Å². The van der Waals surface area contributed by atoms with Crippen LogP contribution in [-0.4, -0.2) is 38.2 Å². The van der Waals surface area contributed by atoms with Gasteiger partial charge in [0.1, 0.15) is 17.3 Å². The molecule has 8 heteroatoms. The Morgan fingerprint density at radius 1 is 1.09 bits per heavy atom. The fourth-order valence-electron chi connectivity index (χ4n) is 7.38. The highest BCUT2D eigenvalue weighted by Crippen LogP contribution is 2.61. The second-order valence-electron chi connectivity index (χ2n) is 10.6. The van der Waals surface area contributed by atoms with E-state index in [1.165, 1.54) is 51.0 Å². The maximum atomic E-state index is 13.1. The molecule has 0 radical (unpaired) electrons. The summed E-state index contributed by atoms with van der Waals surface area (Å²) in [6.07, 6.45) is 12.0. The average Bonchev–Trinajstić information content (AvgIpc) is 2.77. The summed E-state index contributed by atoms with van der Waals surface area (Å²) < 4.78 is 0. The van der Waals surface area contributed by atoms with Crippen molar-refractivity contribution in [1.29, 1.82) is 0 Å². The van der Waals surface area contributed by atoms with E-state index in [2.05, 4.69) is 20.3 Å². The molecule has 7 rings (SSSR count). The van der Waals surface area contributed by atoms with Gasteiger partial charge in [0.05, 0.1) is 12.2 Å². The molecule has 2 amide bonds. The molecule has 0 saturated heterocycles. The van der Waals surface area contributed by atoms with Gasteiger partial charge in [0.25, 0.3) is 5.91 Å². The number of halogens is 1. The average molecular weight is 466 g/mol. The third kappa shape index (κ3) is 4.01. The smallest absolute Gasteiger partial charge is 0.254 e. The van der Waals surface area contributed by atoms with Crippen LogP contribution >= 0.6 is 11.6 Å². The van der Waals surface area contributed by atoms with Crippen molar-refractivity contribution >= 4 is 29.2 Å². The Hall–Kier alpha value is -2.54. The van der Waals surface area contributed by atoms with Crippen molar-refractivity contribution in [3.63, 3.8) is 0 Å². The van der Waals surface area contributed by atoms with E-state index in [-0.39, 0.29) is 17.2 Å². The van der Waals surface area contributed by atoms with Crippen LogP contribution in [0.2, 0.25) is 5.15 Å². The van der Waals surface area contributed by atoms with E-state index < -0.39 is 0 Å². The Kier molecular flexibility index (Phi) is 5.13. The highest BCUT2D eigenvalue weighted by Gasteiger charge is 2.51. The summed E-state index contributed by atoms with van der Waals surface area (Å²) in [6.45, 7) is 0.922. The lowest BCUT2D eigenvalue weighted by Gasteiger charge is -2.56. The van der Waals surface area contributed by atoms with Gasteiger partial charge in [-0.3, -0.25) is 9.59 Å². The van der Waals surface area contributed by atoms with Crippen molar-refractivity contribution in [3.05, 3.63) is 46.6 Å². The monoisotopic (exact) mass is 465 g/mol. The van der Waals surface area contributed by atoms with Crippen molar-refractivity contribution < 1.29 is 9.59 Å². The molecule has 1 aliphatic heterocycles. The quantitative estimate of drug-likeness (QED) is 0.681. The van der Waals surface area contributed by atoms with Crippen LogP contribution in [-0.2, 0) is 17.8 Å². The zero-order chi connectivity index (χ0) is 22.6. The molecular weight excluding hydrogens is 438 g/mol. The minimum absolute atomic E-state index is 0.0720. The maximum absolute atomic E-state index is 13.1. The normalized spacial score (nSPS) is 29.6. The summed E-state index contributed by atoms with van der Waals surface area (Å²) in [4.78, 5) is 40.5. The largest absolute Gasteiger partial charge is 0.332 e. The molecular formula is C25H28ClN5O2. The molecule has 172 valence electrons. The van der Waals surface area contributed by atoms with Gasteiger partial charge < -0.3 is 10.2 Å². The van der Waals surface area contributed by atoms with Gasteiger partial charge in [-0.2, -0.15) is 0 Å². The number of anilines is 1. The van der Waals surface area contributed by atoms with Crippen LogP contribution in [0.5, 0.6) is 0 Å². The summed E-state index contributed by atoms with van der Waals surface area (Å²) in [5.74, 6) is 3.06. The number of carbonyl (C=O) groups is 2. The van der Waals surface area contributed by atoms with Gasteiger partial charge >= 0.3 is 0 Å². The number of hydrogen-bond acceptors (Lipinski definition) is 5. The lowest BCUT2D eigenvalue weighted by molar-refractivity contribution is -0.124. The van der Waals surface area contributed by atoms with Crippen molar-refractivity contribution in [1.82, 2.24) is 19.9 Å². The molecule has 4 aliphatic carbocycles. The Balaban J connectivity index is 1.15. The van der Waals surface area contributed by atoms with Crippen LogP contribution < -0.4 is 5.32 Å². The second-order valence-corrected chi connectivity index (χ2v) is 11.0. The number of nitrogens with zero attached hydrogens (tertiary/aromatic N) is 4. The van der Waals surface area contributed by atoms with Crippen molar-refractivity contribution in [2.45, 2.75) is 57.9 Å². The topological polar surface area (TPSA) is 88.1 Å². The lowest BCUT2D eigenvalue weighted by Crippen LogP contribution is -2.47. The van der Waals surface area contributed by atoms with E-state index in [4.69, 9.17) is 11.6 Å². The summed E-state index contributed by atoms with van der Waals surface area (Å²) in [7, 11) is 0. The van der Waals surface area contributed by atoms with Crippen LogP contribution in [0.1, 0.15) is 66.6 Å². The molecule has 4 saturated carbocycles. The van der Waals surface area contributed by atoms with Crippen LogP contribution in [0.3, 0.4) is 0 Å². The van der Waals surface area contributed by atoms with E-state index in [1.807, 2.05) is 0 Å². The summed E-state index contributed by atoms with van der Waals surface area (Å²) in [5, 5.41) is 3.40. The van der Waals surface area contributed by atoms with E-state index in [9.17, 15) is 9.59 Å². The van der Waals surface area contributed by atoms with Crippen molar-refractivity contribution in [2.75, 3.05) is 11.9 Å². The molecule has 2 aromatic rings. The standard InChI is InChI=1S/C25H28ClN5O2/c26-21-8-18(1-3-27-21)24(33)31-4-2-19-20(13-31)28-14-29-23(19)30-22(32)12-25-9-15-5-16(10-25)7-17(6-15)11-25/h1,3,8,14-17H,2,4-7,9-13H2,(H,28,29,30,32). The van der Waals surface area contributed by atoms with Crippen LogP contribution in [0.15, 0.2) is 24.7 Å². The molecule has 4 bridgehead atoms. The van der Waals surface area contributed by atoms with Gasteiger partial charge in [-0.1, -0.05) is 11.6 Å². The minimum atomic E-state index is -0.101. The van der Waals surface area contributed by atoms with Crippen LogP contribution in [0.4, 0.5) is 5.82 Å². The molecule has 0 spiro atoms. The first-order valence-corrected chi connectivity index (χ1v) is 12.4. The molecule has 33 heavy (non-hydrogen) atoms. The van der Waals surface area contributed by atoms with Gasteiger partial charge in [-0.05, 0) is 80.2 Å². The maximum Gasteiger partial charge on any atom is 0.254 e. The Morgan fingerprint density at radius 3 is 2.52 bits per heavy atom. The highest BCUT2D eigenvalue weighted by atomic mass is 35.5. The van der Waals surface area contributed by atoms with Gasteiger partial charge in [0, 0.05) is 30.3 Å². The molecule has 0 atom stereocenters. The summed E-state index contributed by atoms with van der Waals surface area (Å²) in [6, 6.07) is 3.25.